The van der Waals surface area contributed by atoms with Gasteiger partial charge in [0.25, 0.3) is 0 Å². The molecule has 0 aromatic carbocycles. The van der Waals surface area contributed by atoms with E-state index in [-0.39, 0.29) is 6.10 Å². The van der Waals surface area contributed by atoms with Gasteiger partial charge in [0.2, 0.25) is 0 Å². The third-order valence-corrected chi connectivity index (χ3v) is 4.37. The topological polar surface area (TPSA) is 34.1 Å². The molecule has 0 aromatic rings. The molecule has 0 aliphatic carbocycles. The Morgan fingerprint density at radius 1 is 1.50 bits per heavy atom. The minimum atomic E-state index is -1.06. The molecule has 4 nitrogen and oxygen atoms in total. The molecule has 1 rings (SSSR count). The third-order valence-electron chi connectivity index (χ3n) is 2.26. The summed E-state index contributed by atoms with van der Waals surface area (Å²) in [4.78, 5) is 6.46. The van der Waals surface area contributed by atoms with Crippen molar-refractivity contribution in [3.8, 4) is 0 Å². The molecule has 16 heavy (non-hydrogen) atoms. The van der Waals surface area contributed by atoms with Gasteiger partial charge in [0, 0.05) is 25.8 Å². The van der Waals surface area contributed by atoms with Crippen LogP contribution in [0.3, 0.4) is 0 Å². The minimum Gasteiger partial charge on any atom is -0.394 e. The van der Waals surface area contributed by atoms with Crippen LogP contribution in [-0.4, -0.2) is 52.9 Å². The Morgan fingerprint density at radius 2 is 2.31 bits per heavy atom. The normalized spacial score (nSPS) is 15.7. The third kappa shape index (κ3) is 5.63. The zero-order chi connectivity index (χ0) is 11.8. The van der Waals surface area contributed by atoms with Crippen LogP contribution in [0.4, 0.5) is 0 Å². The Bertz CT molecular complexity index is 212. The zero-order valence-corrected chi connectivity index (χ0v) is 11.6. The molecule has 0 saturated heterocycles. The van der Waals surface area contributed by atoms with Gasteiger partial charge in [-0.1, -0.05) is 0 Å². The first kappa shape index (κ1) is 13.7. The van der Waals surface area contributed by atoms with Gasteiger partial charge in [-0.2, -0.15) is 0 Å². The van der Waals surface area contributed by atoms with Crippen molar-refractivity contribution in [1.29, 1.82) is 0 Å². The first-order chi connectivity index (χ1) is 7.72. The monoisotopic (exact) mass is 243 g/mol. The van der Waals surface area contributed by atoms with Crippen molar-refractivity contribution in [1.82, 2.24) is 4.90 Å². The highest BCUT2D eigenvalue weighted by Gasteiger charge is 2.17. The van der Waals surface area contributed by atoms with Crippen LogP contribution in [0.5, 0.6) is 0 Å². The average molecular weight is 243 g/mol. The summed E-state index contributed by atoms with van der Waals surface area (Å²) < 4.78 is 11.4. The highest BCUT2D eigenvalue weighted by Crippen LogP contribution is 2.06. The molecule has 0 N–H and O–H groups in total. The fourth-order valence-electron chi connectivity index (χ4n) is 1.60. The van der Waals surface area contributed by atoms with Crippen LogP contribution < -0.4 is 0 Å². The van der Waals surface area contributed by atoms with Crippen molar-refractivity contribution >= 4 is 15.6 Å². The molecule has 1 aliphatic rings. The van der Waals surface area contributed by atoms with Gasteiger partial charge in [-0.05, 0) is 33.2 Å². The molecule has 0 saturated carbocycles. The first-order valence-corrected chi connectivity index (χ1v) is 7.64. The number of rotatable bonds is 8. The Labute approximate surface area is 100 Å². The van der Waals surface area contributed by atoms with Gasteiger partial charge < -0.3 is 13.8 Å². The molecule has 0 bridgehead atoms. The fraction of sp³-hybridized carbons (Fsp3) is 0.909. The molecule has 93 valence electrons. The van der Waals surface area contributed by atoms with Gasteiger partial charge in [-0.3, -0.25) is 4.99 Å². The van der Waals surface area contributed by atoms with Crippen LogP contribution in [0.2, 0.25) is 6.04 Å². The predicted molar refractivity (Wildman–Crippen MR) is 68.0 cm³/mol. The maximum absolute atomic E-state index is 5.78. The van der Waals surface area contributed by atoms with Crippen molar-refractivity contribution in [3.63, 3.8) is 0 Å². The van der Waals surface area contributed by atoms with Crippen molar-refractivity contribution in [2.75, 3.05) is 26.2 Å². The standard InChI is InChI=1S/C11H23N2O2Si/c1-4-14-16(15-11(2)3)9-5-7-13-8-6-12-10-13/h10-11H,4-9H2,1-3H3. The zero-order valence-electron chi connectivity index (χ0n) is 10.6. The van der Waals surface area contributed by atoms with Crippen molar-refractivity contribution < 1.29 is 8.85 Å². The maximum atomic E-state index is 5.78. The highest BCUT2D eigenvalue weighted by molar-refractivity contribution is 6.44. The number of hydrogen-bond donors (Lipinski definition) is 0. The molecule has 0 fully saturated rings. The van der Waals surface area contributed by atoms with Crippen LogP contribution in [0.15, 0.2) is 4.99 Å². The van der Waals surface area contributed by atoms with Crippen molar-refractivity contribution in [3.05, 3.63) is 0 Å². The van der Waals surface area contributed by atoms with Crippen LogP contribution in [0.1, 0.15) is 27.2 Å². The van der Waals surface area contributed by atoms with E-state index in [9.17, 15) is 0 Å². The molecular weight excluding hydrogens is 220 g/mol. The average Bonchev–Trinajstić information content (AvgIpc) is 2.70. The molecule has 0 unspecified atom stereocenters. The van der Waals surface area contributed by atoms with Gasteiger partial charge in [-0.25, -0.2) is 0 Å². The Hall–Kier alpha value is -0.393. The molecular formula is C11H23N2O2Si. The second-order valence-electron chi connectivity index (χ2n) is 4.13. The molecule has 1 heterocycles. The minimum absolute atomic E-state index is 0.272. The van der Waals surface area contributed by atoms with Crippen LogP contribution in [-0.2, 0) is 8.85 Å². The molecule has 0 atom stereocenters. The molecule has 0 spiro atoms. The summed E-state index contributed by atoms with van der Waals surface area (Å²) in [6.07, 6.45) is 3.36. The SMILES string of the molecule is CCO[Si](CCCN1C=NCC1)OC(C)C. The first-order valence-electron chi connectivity index (χ1n) is 6.11. The molecule has 0 amide bonds. The lowest BCUT2D eigenvalue weighted by atomic mass is 10.4. The Balaban J connectivity index is 2.13. The maximum Gasteiger partial charge on any atom is 0.384 e. The van der Waals surface area contributed by atoms with Gasteiger partial charge >= 0.3 is 9.28 Å². The van der Waals surface area contributed by atoms with E-state index in [4.69, 9.17) is 8.85 Å². The van der Waals surface area contributed by atoms with Gasteiger partial charge in [0.05, 0.1) is 12.9 Å². The van der Waals surface area contributed by atoms with Crippen molar-refractivity contribution in [2.45, 2.75) is 39.3 Å². The summed E-state index contributed by atoms with van der Waals surface area (Å²) in [5.74, 6) is 0. The second kappa shape index (κ2) is 7.81. The van der Waals surface area contributed by atoms with E-state index in [1.807, 2.05) is 13.3 Å². The number of nitrogens with zero attached hydrogens (tertiary/aromatic N) is 2. The summed E-state index contributed by atoms with van der Waals surface area (Å²) in [7, 11) is -1.06. The predicted octanol–water partition coefficient (Wildman–Crippen LogP) is 1.67. The highest BCUT2D eigenvalue weighted by atomic mass is 28.3. The molecule has 5 heteroatoms. The van der Waals surface area contributed by atoms with Gasteiger partial charge in [0.15, 0.2) is 0 Å². The second-order valence-corrected chi connectivity index (χ2v) is 5.90. The van der Waals surface area contributed by atoms with E-state index in [2.05, 4.69) is 23.7 Å². The van der Waals surface area contributed by atoms with Crippen LogP contribution >= 0.6 is 0 Å². The van der Waals surface area contributed by atoms with E-state index >= 15 is 0 Å². The summed E-state index contributed by atoms with van der Waals surface area (Å²) in [6, 6.07) is 1.06. The van der Waals surface area contributed by atoms with Gasteiger partial charge in [-0.15, -0.1) is 0 Å². The number of hydrogen-bond acceptors (Lipinski definition) is 4. The van der Waals surface area contributed by atoms with E-state index in [1.165, 1.54) is 0 Å². The molecule has 0 aromatic heterocycles. The van der Waals surface area contributed by atoms with Gasteiger partial charge in [0.1, 0.15) is 0 Å². The lowest BCUT2D eigenvalue weighted by molar-refractivity contribution is 0.162. The smallest absolute Gasteiger partial charge is 0.384 e. The summed E-state index contributed by atoms with van der Waals surface area (Å²) in [6.45, 7) is 10.0. The van der Waals surface area contributed by atoms with E-state index in [0.717, 1.165) is 38.7 Å². The van der Waals surface area contributed by atoms with E-state index < -0.39 is 9.28 Å². The Kier molecular flexibility index (Phi) is 6.67. The number of aliphatic imine (C=N–C) groups is 1. The largest absolute Gasteiger partial charge is 0.394 e. The summed E-state index contributed by atoms with van der Waals surface area (Å²) >= 11 is 0. The van der Waals surface area contributed by atoms with E-state index in [1.54, 1.807) is 0 Å². The quantitative estimate of drug-likeness (QED) is 0.608. The fourth-order valence-corrected chi connectivity index (χ4v) is 3.23. The Morgan fingerprint density at radius 3 is 2.88 bits per heavy atom. The van der Waals surface area contributed by atoms with Crippen LogP contribution in [0, 0.1) is 0 Å². The van der Waals surface area contributed by atoms with Crippen LogP contribution in [0.25, 0.3) is 0 Å². The van der Waals surface area contributed by atoms with E-state index in [0.29, 0.717) is 0 Å². The van der Waals surface area contributed by atoms with Crippen molar-refractivity contribution in [2.24, 2.45) is 4.99 Å². The lowest BCUT2D eigenvalue weighted by Crippen LogP contribution is -2.28. The molecule has 1 aliphatic heterocycles. The lowest BCUT2D eigenvalue weighted by Gasteiger charge is -2.18. The molecule has 1 radical (unpaired) electrons. The summed E-state index contributed by atoms with van der Waals surface area (Å²) in [5, 5.41) is 0. The summed E-state index contributed by atoms with van der Waals surface area (Å²) in [5.41, 5.74) is 0.